The zero-order valence-electron chi connectivity index (χ0n) is 15.3. The van der Waals surface area contributed by atoms with Crippen molar-refractivity contribution in [2.75, 3.05) is 13.2 Å². The minimum Gasteiger partial charge on any atom is -0.394 e. The molecule has 1 N–H and O–H groups in total. The molecule has 1 saturated heterocycles. The summed E-state index contributed by atoms with van der Waals surface area (Å²) < 4.78 is 0. The molecule has 2 rings (SSSR count). The predicted octanol–water partition coefficient (Wildman–Crippen LogP) is 4.29. The van der Waals surface area contributed by atoms with E-state index in [1.54, 1.807) is 6.92 Å². The van der Waals surface area contributed by atoms with Crippen molar-refractivity contribution in [2.24, 2.45) is 0 Å². The average Bonchev–Trinajstić information content (AvgIpc) is 3.03. The van der Waals surface area contributed by atoms with E-state index in [1.165, 1.54) is 49.7 Å². The van der Waals surface area contributed by atoms with E-state index in [-0.39, 0.29) is 24.5 Å². The molecule has 3 nitrogen and oxygen atoms in total. The van der Waals surface area contributed by atoms with E-state index in [4.69, 9.17) is 0 Å². The van der Waals surface area contributed by atoms with Gasteiger partial charge < -0.3 is 10.0 Å². The van der Waals surface area contributed by atoms with E-state index >= 15 is 0 Å². The Morgan fingerprint density at radius 3 is 2.42 bits per heavy atom. The van der Waals surface area contributed by atoms with Crippen molar-refractivity contribution < 1.29 is 9.90 Å². The van der Waals surface area contributed by atoms with Crippen LogP contribution in [-0.4, -0.2) is 35.1 Å². The number of aliphatic hydroxyl groups is 1. The number of aliphatic hydroxyl groups excluding tert-OH is 1. The van der Waals surface area contributed by atoms with Crippen LogP contribution in [0.15, 0.2) is 24.3 Å². The maximum absolute atomic E-state index is 11.7. The summed E-state index contributed by atoms with van der Waals surface area (Å²) in [4.78, 5) is 13.5. The molecule has 2 atom stereocenters. The standard InChI is InChI=1S/C21H33NO2/c1-3-4-5-6-7-8-9-18-10-12-19(13-11-18)20-14-15-22(17(2)24)21(20)16-23/h10-13,20-21,23H,3-9,14-16H2,1-2H3/t20-,21-/m1/s1. The Labute approximate surface area is 147 Å². The molecule has 1 aromatic carbocycles. The van der Waals surface area contributed by atoms with Crippen LogP contribution in [0.2, 0.25) is 0 Å². The van der Waals surface area contributed by atoms with Gasteiger partial charge in [0.25, 0.3) is 0 Å². The molecule has 0 bridgehead atoms. The second kappa shape index (κ2) is 9.83. The Morgan fingerprint density at radius 2 is 1.79 bits per heavy atom. The maximum Gasteiger partial charge on any atom is 0.219 e. The van der Waals surface area contributed by atoms with Gasteiger partial charge in [-0.15, -0.1) is 0 Å². The number of amides is 1. The topological polar surface area (TPSA) is 40.5 Å². The fourth-order valence-corrected chi connectivity index (χ4v) is 3.90. The first-order valence-corrected chi connectivity index (χ1v) is 9.64. The summed E-state index contributed by atoms with van der Waals surface area (Å²) >= 11 is 0. The van der Waals surface area contributed by atoms with Crippen LogP contribution >= 0.6 is 0 Å². The van der Waals surface area contributed by atoms with E-state index in [1.807, 2.05) is 4.90 Å². The first-order valence-electron chi connectivity index (χ1n) is 9.64. The predicted molar refractivity (Wildman–Crippen MR) is 99.1 cm³/mol. The van der Waals surface area contributed by atoms with Crippen LogP contribution in [0.4, 0.5) is 0 Å². The summed E-state index contributed by atoms with van der Waals surface area (Å²) in [5, 5.41) is 9.68. The van der Waals surface area contributed by atoms with Gasteiger partial charge in [-0.3, -0.25) is 4.79 Å². The van der Waals surface area contributed by atoms with Crippen LogP contribution < -0.4 is 0 Å². The summed E-state index contributed by atoms with van der Waals surface area (Å²) in [6.45, 7) is 4.64. The molecular formula is C21H33NO2. The van der Waals surface area contributed by atoms with Crippen molar-refractivity contribution in [1.82, 2.24) is 4.90 Å². The van der Waals surface area contributed by atoms with Crippen molar-refractivity contribution in [3.8, 4) is 0 Å². The lowest BCUT2D eigenvalue weighted by Gasteiger charge is -2.25. The number of hydrogen-bond acceptors (Lipinski definition) is 2. The third kappa shape index (κ3) is 5.07. The number of unbranched alkanes of at least 4 members (excludes halogenated alkanes) is 5. The van der Waals surface area contributed by atoms with Gasteiger partial charge in [0.15, 0.2) is 0 Å². The van der Waals surface area contributed by atoms with E-state index in [0.717, 1.165) is 19.4 Å². The van der Waals surface area contributed by atoms with Gasteiger partial charge in [-0.05, 0) is 30.4 Å². The van der Waals surface area contributed by atoms with Gasteiger partial charge in [0.1, 0.15) is 0 Å². The van der Waals surface area contributed by atoms with Gasteiger partial charge in [0.05, 0.1) is 12.6 Å². The first-order chi connectivity index (χ1) is 11.7. The maximum atomic E-state index is 11.7. The molecule has 0 spiro atoms. The highest BCUT2D eigenvalue weighted by Gasteiger charge is 2.35. The zero-order valence-corrected chi connectivity index (χ0v) is 15.3. The number of rotatable bonds is 9. The molecule has 1 amide bonds. The van der Waals surface area contributed by atoms with Crippen LogP contribution in [-0.2, 0) is 11.2 Å². The number of hydrogen-bond donors (Lipinski definition) is 1. The quantitative estimate of drug-likeness (QED) is 0.686. The van der Waals surface area contributed by atoms with Gasteiger partial charge in [-0.1, -0.05) is 63.3 Å². The number of nitrogens with zero attached hydrogens (tertiary/aromatic N) is 1. The minimum atomic E-state index is -0.0630. The van der Waals surface area contributed by atoms with Gasteiger partial charge in [0, 0.05) is 19.4 Å². The lowest BCUT2D eigenvalue weighted by atomic mass is 9.91. The van der Waals surface area contributed by atoms with Crippen molar-refractivity contribution >= 4 is 5.91 Å². The smallest absolute Gasteiger partial charge is 0.219 e. The Hall–Kier alpha value is -1.35. The van der Waals surface area contributed by atoms with Gasteiger partial charge in [-0.25, -0.2) is 0 Å². The largest absolute Gasteiger partial charge is 0.394 e. The molecule has 24 heavy (non-hydrogen) atoms. The van der Waals surface area contributed by atoms with Crippen LogP contribution in [0.1, 0.15) is 75.8 Å². The Morgan fingerprint density at radius 1 is 1.12 bits per heavy atom. The highest BCUT2D eigenvalue weighted by atomic mass is 16.3. The molecule has 1 aliphatic heterocycles. The molecular weight excluding hydrogens is 298 g/mol. The number of benzene rings is 1. The van der Waals surface area contributed by atoms with E-state index < -0.39 is 0 Å². The van der Waals surface area contributed by atoms with E-state index in [0.29, 0.717) is 0 Å². The number of aryl methyl sites for hydroxylation is 1. The number of carbonyl (C=O) groups is 1. The van der Waals surface area contributed by atoms with Crippen molar-refractivity contribution in [3.05, 3.63) is 35.4 Å². The molecule has 0 radical (unpaired) electrons. The molecule has 1 aromatic rings. The van der Waals surface area contributed by atoms with Crippen LogP contribution in [0.5, 0.6) is 0 Å². The number of carbonyl (C=O) groups excluding carboxylic acids is 1. The molecule has 0 saturated carbocycles. The summed E-state index contributed by atoms with van der Waals surface area (Å²) in [6, 6.07) is 8.79. The fraction of sp³-hybridized carbons (Fsp3) is 0.667. The fourth-order valence-electron chi connectivity index (χ4n) is 3.90. The third-order valence-electron chi connectivity index (χ3n) is 5.36. The lowest BCUT2D eigenvalue weighted by Crippen LogP contribution is -2.38. The van der Waals surface area contributed by atoms with Crippen LogP contribution in [0.25, 0.3) is 0 Å². The highest BCUT2D eigenvalue weighted by molar-refractivity contribution is 5.74. The summed E-state index contributed by atoms with van der Waals surface area (Å²) in [7, 11) is 0. The first kappa shape index (κ1) is 19.0. The van der Waals surface area contributed by atoms with Crippen LogP contribution in [0.3, 0.4) is 0 Å². The summed E-state index contributed by atoms with van der Waals surface area (Å²) in [5.74, 6) is 0.332. The van der Waals surface area contributed by atoms with E-state index in [2.05, 4.69) is 31.2 Å². The molecule has 134 valence electrons. The second-order valence-electron chi connectivity index (χ2n) is 7.12. The average molecular weight is 332 g/mol. The Bertz CT molecular complexity index is 497. The monoisotopic (exact) mass is 331 g/mol. The van der Waals surface area contributed by atoms with Crippen molar-refractivity contribution in [1.29, 1.82) is 0 Å². The SMILES string of the molecule is CCCCCCCCc1ccc([C@H]2CCN(C(C)=O)[C@@H]2CO)cc1. The Balaban J connectivity index is 1.84. The normalized spacial score (nSPS) is 20.5. The minimum absolute atomic E-state index is 0.0454. The summed E-state index contributed by atoms with van der Waals surface area (Å²) in [5.41, 5.74) is 2.65. The molecule has 0 aromatic heterocycles. The van der Waals surface area contributed by atoms with Gasteiger partial charge in [0.2, 0.25) is 5.91 Å². The van der Waals surface area contributed by atoms with Crippen LogP contribution in [0, 0.1) is 0 Å². The third-order valence-corrected chi connectivity index (χ3v) is 5.36. The van der Waals surface area contributed by atoms with Crippen molar-refractivity contribution in [2.45, 2.75) is 77.2 Å². The zero-order chi connectivity index (χ0) is 17.4. The molecule has 0 aliphatic carbocycles. The highest BCUT2D eigenvalue weighted by Crippen LogP contribution is 2.33. The second-order valence-corrected chi connectivity index (χ2v) is 7.12. The van der Waals surface area contributed by atoms with E-state index in [9.17, 15) is 9.90 Å². The molecule has 1 aliphatic rings. The summed E-state index contributed by atoms with van der Waals surface area (Å²) in [6.07, 6.45) is 10.1. The Kier molecular flexibility index (Phi) is 7.77. The number of likely N-dealkylation sites (tertiary alicyclic amines) is 1. The van der Waals surface area contributed by atoms with Gasteiger partial charge in [-0.2, -0.15) is 0 Å². The van der Waals surface area contributed by atoms with Crippen molar-refractivity contribution in [3.63, 3.8) is 0 Å². The molecule has 0 unspecified atom stereocenters. The lowest BCUT2D eigenvalue weighted by molar-refractivity contribution is -0.130. The molecule has 3 heteroatoms. The molecule has 1 fully saturated rings. The van der Waals surface area contributed by atoms with Gasteiger partial charge >= 0.3 is 0 Å². The molecule has 1 heterocycles.